The average molecular weight is 416 g/mol. The van der Waals surface area contributed by atoms with Gasteiger partial charge in [0.25, 0.3) is 5.91 Å². The highest BCUT2D eigenvalue weighted by Gasteiger charge is 2.38. The molecule has 0 bridgehead atoms. The molecule has 1 amide bonds. The molecule has 2 aromatic rings. The lowest BCUT2D eigenvalue weighted by Gasteiger charge is -2.20. The van der Waals surface area contributed by atoms with Crippen molar-refractivity contribution in [1.82, 2.24) is 19.4 Å². The number of fused-ring (bicyclic) bond motifs is 1. The van der Waals surface area contributed by atoms with Gasteiger partial charge in [0.15, 0.2) is 0 Å². The topological polar surface area (TPSA) is 91.8 Å². The van der Waals surface area contributed by atoms with Crippen LogP contribution in [-0.4, -0.2) is 69.7 Å². The lowest BCUT2D eigenvalue weighted by atomic mass is 10.2. The van der Waals surface area contributed by atoms with E-state index in [-0.39, 0.29) is 5.91 Å². The van der Waals surface area contributed by atoms with E-state index < -0.39 is 12.1 Å². The minimum Gasteiger partial charge on any atom is -0.475 e. The van der Waals surface area contributed by atoms with Gasteiger partial charge in [-0.15, -0.1) is 0 Å². The Hall–Kier alpha value is -2.82. The molecule has 11 heteroatoms. The van der Waals surface area contributed by atoms with E-state index in [9.17, 15) is 18.0 Å². The summed E-state index contributed by atoms with van der Waals surface area (Å²) in [4.78, 5) is 30.0. The smallest absolute Gasteiger partial charge is 0.475 e. The number of aryl methyl sites for hydroxylation is 1. The lowest BCUT2D eigenvalue weighted by molar-refractivity contribution is -0.192. The van der Waals surface area contributed by atoms with Crippen molar-refractivity contribution in [2.45, 2.75) is 32.6 Å². The van der Waals surface area contributed by atoms with Crippen molar-refractivity contribution in [1.29, 1.82) is 0 Å². The van der Waals surface area contributed by atoms with E-state index in [1.807, 2.05) is 32.1 Å². The van der Waals surface area contributed by atoms with Crippen LogP contribution in [0.1, 0.15) is 27.6 Å². The second-order valence-electron chi connectivity index (χ2n) is 6.79. The highest BCUT2D eigenvalue weighted by atomic mass is 19.4. The van der Waals surface area contributed by atoms with E-state index in [2.05, 4.69) is 14.5 Å². The third-order valence-electron chi connectivity index (χ3n) is 4.32. The summed E-state index contributed by atoms with van der Waals surface area (Å²) in [6.45, 7) is 4.88. The predicted octanol–water partition coefficient (Wildman–Crippen LogP) is 2.18. The number of hydrogen-bond acceptors (Lipinski definition) is 5. The Morgan fingerprint density at radius 3 is 2.45 bits per heavy atom. The fraction of sp³-hybridized carbons (Fsp3) is 0.500. The number of nitrogens with zero attached hydrogens (tertiary/aromatic N) is 4. The van der Waals surface area contributed by atoms with Crippen LogP contribution in [0.25, 0.3) is 0 Å². The van der Waals surface area contributed by atoms with Crippen LogP contribution < -0.4 is 0 Å². The molecular weight excluding hydrogens is 393 g/mol. The van der Waals surface area contributed by atoms with Gasteiger partial charge in [-0.25, -0.2) is 9.78 Å². The van der Waals surface area contributed by atoms with Crippen LogP contribution in [0.2, 0.25) is 0 Å². The summed E-state index contributed by atoms with van der Waals surface area (Å²) in [7, 11) is 4.10. The number of carbonyl (C=O) groups excluding carboxylic acids is 1. The molecule has 1 aliphatic heterocycles. The van der Waals surface area contributed by atoms with Gasteiger partial charge in [0, 0.05) is 38.8 Å². The number of hydrogen-bond donors (Lipinski definition) is 1. The van der Waals surface area contributed by atoms with Gasteiger partial charge in [-0.05, 0) is 27.1 Å². The van der Waals surface area contributed by atoms with E-state index in [4.69, 9.17) is 14.3 Å². The van der Waals surface area contributed by atoms with Crippen molar-refractivity contribution in [2.24, 2.45) is 0 Å². The predicted molar refractivity (Wildman–Crippen MR) is 96.4 cm³/mol. The number of carboxylic acids is 1. The fourth-order valence-electron chi connectivity index (χ4n) is 2.92. The summed E-state index contributed by atoms with van der Waals surface area (Å²) in [6, 6.07) is 1.75. The molecule has 29 heavy (non-hydrogen) atoms. The minimum atomic E-state index is -5.08. The molecule has 3 rings (SSSR count). The number of aliphatic carboxylic acids is 1. The quantitative estimate of drug-likeness (QED) is 0.825. The van der Waals surface area contributed by atoms with Gasteiger partial charge in [-0.3, -0.25) is 4.79 Å². The number of carbonyl (C=O) groups is 2. The van der Waals surface area contributed by atoms with E-state index >= 15 is 0 Å². The summed E-state index contributed by atoms with van der Waals surface area (Å²) in [5.74, 6) is -0.963. The number of imidazole rings is 1. The molecule has 0 spiro atoms. The zero-order valence-electron chi connectivity index (χ0n) is 16.4. The maximum absolute atomic E-state index is 12.6. The molecule has 3 heterocycles. The molecule has 2 aromatic heterocycles. The Balaban J connectivity index is 0.000000370. The first-order valence-corrected chi connectivity index (χ1v) is 8.82. The maximum atomic E-state index is 12.6. The Bertz CT molecular complexity index is 858. The number of aromatic nitrogens is 2. The Labute approximate surface area is 165 Å². The molecule has 0 saturated carbocycles. The van der Waals surface area contributed by atoms with Crippen LogP contribution >= 0.6 is 0 Å². The summed E-state index contributed by atoms with van der Waals surface area (Å²) >= 11 is 0. The molecule has 0 fully saturated rings. The monoisotopic (exact) mass is 416 g/mol. The molecule has 8 nitrogen and oxygen atoms in total. The SMILES string of the molecule is Cc1occc1C(=O)N1CCc2ncc(CN(C)C)n2CC1.O=C(O)C(F)(F)F. The lowest BCUT2D eigenvalue weighted by Crippen LogP contribution is -2.34. The van der Waals surface area contributed by atoms with Gasteiger partial charge in [0.2, 0.25) is 0 Å². The Kier molecular flexibility index (Phi) is 7.07. The number of furan rings is 1. The van der Waals surface area contributed by atoms with Crippen molar-refractivity contribution in [3.8, 4) is 0 Å². The van der Waals surface area contributed by atoms with Gasteiger partial charge >= 0.3 is 12.1 Å². The molecule has 1 aliphatic rings. The highest BCUT2D eigenvalue weighted by molar-refractivity contribution is 5.95. The van der Waals surface area contributed by atoms with Crippen LogP contribution in [0.3, 0.4) is 0 Å². The zero-order valence-corrected chi connectivity index (χ0v) is 16.4. The molecule has 160 valence electrons. The number of amides is 1. The standard InChI is InChI=1S/C16H22N4O2.C2HF3O2/c1-12-14(5-9-22-12)16(21)19-6-4-15-17-10-13(11-18(2)3)20(15)8-7-19;3-2(4,5)1(6)7/h5,9-10H,4,6-8,11H2,1-3H3;(H,6,7). The third-order valence-corrected chi connectivity index (χ3v) is 4.32. The normalized spacial score (nSPS) is 14.1. The summed E-state index contributed by atoms with van der Waals surface area (Å²) in [5, 5.41) is 7.12. The number of carboxylic acid groups (broad SMARTS) is 1. The number of rotatable bonds is 3. The van der Waals surface area contributed by atoms with Gasteiger partial charge in [0.1, 0.15) is 11.6 Å². The molecule has 0 atom stereocenters. The summed E-state index contributed by atoms with van der Waals surface area (Å²) < 4.78 is 39.2. The van der Waals surface area contributed by atoms with Gasteiger partial charge < -0.3 is 23.9 Å². The van der Waals surface area contributed by atoms with Gasteiger partial charge in [-0.2, -0.15) is 13.2 Å². The molecule has 1 N–H and O–H groups in total. The van der Waals surface area contributed by atoms with Gasteiger partial charge in [0.05, 0.1) is 17.5 Å². The molecule has 0 aromatic carbocycles. The molecular formula is C18H23F3N4O4. The molecule has 0 unspecified atom stereocenters. The van der Waals surface area contributed by atoms with Crippen LogP contribution in [0.5, 0.6) is 0 Å². The van der Waals surface area contributed by atoms with Crippen molar-refractivity contribution in [3.63, 3.8) is 0 Å². The molecule has 0 aliphatic carbocycles. The zero-order chi connectivity index (χ0) is 21.8. The van der Waals surface area contributed by atoms with Crippen LogP contribution in [0.4, 0.5) is 13.2 Å². The molecule has 0 saturated heterocycles. The van der Waals surface area contributed by atoms with Crippen molar-refractivity contribution < 1.29 is 32.3 Å². The minimum absolute atomic E-state index is 0.0474. The third kappa shape index (κ3) is 5.83. The highest BCUT2D eigenvalue weighted by Crippen LogP contribution is 2.17. The van der Waals surface area contributed by atoms with E-state index in [1.54, 1.807) is 12.3 Å². The Morgan fingerprint density at radius 2 is 1.93 bits per heavy atom. The number of halogens is 3. The molecule has 0 radical (unpaired) electrons. The summed E-state index contributed by atoms with van der Waals surface area (Å²) in [6.07, 6.45) is -0.774. The fourth-order valence-corrected chi connectivity index (χ4v) is 2.92. The summed E-state index contributed by atoms with van der Waals surface area (Å²) in [5.41, 5.74) is 1.86. The van der Waals surface area contributed by atoms with Crippen molar-refractivity contribution >= 4 is 11.9 Å². The average Bonchev–Trinajstić information content (AvgIpc) is 3.13. The number of alkyl halides is 3. The first-order chi connectivity index (χ1) is 13.5. The van der Waals surface area contributed by atoms with E-state index in [0.717, 1.165) is 25.3 Å². The Morgan fingerprint density at radius 1 is 1.28 bits per heavy atom. The van der Waals surface area contributed by atoms with Gasteiger partial charge in [-0.1, -0.05) is 0 Å². The van der Waals surface area contributed by atoms with Crippen LogP contribution in [0.15, 0.2) is 22.9 Å². The first-order valence-electron chi connectivity index (χ1n) is 8.82. The van der Waals surface area contributed by atoms with Crippen molar-refractivity contribution in [2.75, 3.05) is 27.2 Å². The second kappa shape index (κ2) is 9.12. The van der Waals surface area contributed by atoms with E-state index in [1.165, 1.54) is 5.69 Å². The van der Waals surface area contributed by atoms with Crippen LogP contribution in [0, 0.1) is 6.92 Å². The first kappa shape index (κ1) is 22.5. The van der Waals surface area contributed by atoms with Crippen LogP contribution in [-0.2, 0) is 24.3 Å². The largest absolute Gasteiger partial charge is 0.490 e. The maximum Gasteiger partial charge on any atom is 0.490 e. The second-order valence-corrected chi connectivity index (χ2v) is 6.79. The van der Waals surface area contributed by atoms with Crippen molar-refractivity contribution in [3.05, 3.63) is 41.4 Å². The van der Waals surface area contributed by atoms with E-state index in [0.29, 0.717) is 24.4 Å².